The van der Waals surface area contributed by atoms with Crippen molar-refractivity contribution in [3.05, 3.63) is 35.0 Å². The molecule has 1 aromatic carbocycles. The molecule has 0 radical (unpaired) electrons. The third kappa shape index (κ3) is 3.17. The first kappa shape index (κ1) is 15.4. The van der Waals surface area contributed by atoms with Crippen LogP contribution in [0.3, 0.4) is 0 Å². The van der Waals surface area contributed by atoms with Crippen LogP contribution in [-0.2, 0) is 4.74 Å². The molecule has 0 saturated heterocycles. The summed E-state index contributed by atoms with van der Waals surface area (Å²) in [5.74, 6) is 0.877. The lowest BCUT2D eigenvalue weighted by Crippen LogP contribution is -2.31. The molecule has 110 valence electrons. The number of fused-ring (bicyclic) bond motifs is 1. The van der Waals surface area contributed by atoms with Gasteiger partial charge >= 0.3 is 0 Å². The van der Waals surface area contributed by atoms with E-state index in [1.165, 1.54) is 0 Å². The fourth-order valence-corrected chi connectivity index (χ4v) is 2.78. The molecule has 4 heteroatoms. The zero-order valence-corrected chi connectivity index (χ0v) is 13.0. The maximum absolute atomic E-state index is 6.17. The highest BCUT2D eigenvalue weighted by molar-refractivity contribution is 6.34. The Morgan fingerprint density at radius 3 is 2.75 bits per heavy atom. The molecule has 2 rings (SSSR count). The summed E-state index contributed by atoms with van der Waals surface area (Å²) < 4.78 is 11.8. The predicted octanol–water partition coefficient (Wildman–Crippen LogP) is 4.55. The molecule has 2 atom stereocenters. The third-order valence-corrected chi connectivity index (χ3v) is 3.76. The van der Waals surface area contributed by atoms with Gasteiger partial charge in [-0.15, -0.1) is 0 Å². The van der Waals surface area contributed by atoms with E-state index in [1.54, 1.807) is 0 Å². The lowest BCUT2D eigenvalue weighted by molar-refractivity contribution is 0.0246. The lowest BCUT2D eigenvalue weighted by atomic mass is 10.0. The van der Waals surface area contributed by atoms with E-state index >= 15 is 0 Å². The summed E-state index contributed by atoms with van der Waals surface area (Å²) in [5.41, 5.74) is 0.746. The minimum absolute atomic E-state index is 0.0402. The number of hydrogen-bond acceptors (Lipinski definition) is 3. The first-order chi connectivity index (χ1) is 9.71. The van der Waals surface area contributed by atoms with Crippen molar-refractivity contribution in [2.45, 2.75) is 38.8 Å². The topological polar surface area (TPSA) is 34.4 Å². The van der Waals surface area contributed by atoms with Crippen molar-refractivity contribution in [1.82, 2.24) is 5.32 Å². The molecule has 0 fully saturated rings. The second kappa shape index (κ2) is 7.11. The number of para-hydroxylation sites is 1. The number of furan rings is 1. The van der Waals surface area contributed by atoms with Gasteiger partial charge in [-0.3, -0.25) is 0 Å². The number of benzene rings is 1. The highest BCUT2D eigenvalue weighted by atomic mass is 35.5. The number of nitrogens with one attached hydrogen (secondary N) is 1. The van der Waals surface area contributed by atoms with E-state index in [1.807, 2.05) is 38.2 Å². The fourth-order valence-electron chi connectivity index (χ4n) is 2.56. The molecule has 3 nitrogen and oxygen atoms in total. The average molecular weight is 296 g/mol. The van der Waals surface area contributed by atoms with Gasteiger partial charge < -0.3 is 14.5 Å². The van der Waals surface area contributed by atoms with Crippen molar-refractivity contribution in [3.63, 3.8) is 0 Å². The van der Waals surface area contributed by atoms with E-state index in [4.69, 9.17) is 20.8 Å². The molecule has 2 unspecified atom stereocenters. The molecule has 1 N–H and O–H groups in total. The SMILES string of the molecule is CCCC(OCC)C(NC)c1cc2cccc(Cl)c2o1. The molecule has 1 heterocycles. The first-order valence-corrected chi connectivity index (χ1v) is 7.55. The molecule has 0 amide bonds. The Hall–Kier alpha value is -1.03. The Balaban J connectivity index is 2.34. The van der Waals surface area contributed by atoms with Gasteiger partial charge in [0.2, 0.25) is 0 Å². The van der Waals surface area contributed by atoms with Crippen molar-refractivity contribution in [2.24, 2.45) is 0 Å². The minimum Gasteiger partial charge on any atom is -0.458 e. The first-order valence-electron chi connectivity index (χ1n) is 7.18. The molecule has 0 saturated carbocycles. The summed E-state index contributed by atoms with van der Waals surface area (Å²) in [6, 6.07) is 7.88. The van der Waals surface area contributed by atoms with E-state index in [0.29, 0.717) is 11.6 Å². The van der Waals surface area contributed by atoms with Crippen molar-refractivity contribution < 1.29 is 9.15 Å². The van der Waals surface area contributed by atoms with Crippen LogP contribution < -0.4 is 5.32 Å². The summed E-state index contributed by atoms with van der Waals surface area (Å²) >= 11 is 6.17. The summed E-state index contributed by atoms with van der Waals surface area (Å²) in [4.78, 5) is 0. The van der Waals surface area contributed by atoms with Gasteiger partial charge in [0.05, 0.1) is 17.2 Å². The quantitative estimate of drug-likeness (QED) is 0.813. The van der Waals surface area contributed by atoms with Crippen LogP contribution >= 0.6 is 11.6 Å². The summed E-state index contributed by atoms with van der Waals surface area (Å²) in [6.07, 6.45) is 2.17. The number of hydrogen-bond donors (Lipinski definition) is 1. The van der Waals surface area contributed by atoms with E-state index in [-0.39, 0.29) is 12.1 Å². The largest absolute Gasteiger partial charge is 0.458 e. The Kier molecular flexibility index (Phi) is 5.46. The van der Waals surface area contributed by atoms with Crippen LogP contribution in [0.15, 0.2) is 28.7 Å². The second-order valence-corrected chi connectivity index (χ2v) is 5.26. The van der Waals surface area contributed by atoms with E-state index in [2.05, 4.69) is 12.2 Å². The van der Waals surface area contributed by atoms with Crippen LogP contribution in [-0.4, -0.2) is 19.8 Å². The summed E-state index contributed by atoms with van der Waals surface area (Å²) in [7, 11) is 1.93. The Morgan fingerprint density at radius 1 is 1.35 bits per heavy atom. The lowest BCUT2D eigenvalue weighted by Gasteiger charge is -2.24. The van der Waals surface area contributed by atoms with E-state index < -0.39 is 0 Å². The zero-order chi connectivity index (χ0) is 14.5. The van der Waals surface area contributed by atoms with Crippen molar-refractivity contribution in [2.75, 3.05) is 13.7 Å². The van der Waals surface area contributed by atoms with Gasteiger partial charge in [0.15, 0.2) is 5.58 Å². The smallest absolute Gasteiger partial charge is 0.152 e. The van der Waals surface area contributed by atoms with Crippen LogP contribution in [0.5, 0.6) is 0 Å². The molecule has 0 aliphatic heterocycles. The zero-order valence-electron chi connectivity index (χ0n) is 12.3. The second-order valence-electron chi connectivity index (χ2n) is 4.86. The Labute approximate surface area is 125 Å². The van der Waals surface area contributed by atoms with Crippen LogP contribution in [0, 0.1) is 0 Å². The van der Waals surface area contributed by atoms with Gasteiger partial charge in [0, 0.05) is 12.0 Å². The molecule has 1 aromatic heterocycles. The maximum Gasteiger partial charge on any atom is 0.152 e. The molecule has 0 bridgehead atoms. The van der Waals surface area contributed by atoms with E-state index in [9.17, 15) is 0 Å². The monoisotopic (exact) mass is 295 g/mol. The summed E-state index contributed by atoms with van der Waals surface area (Å²) in [5, 5.41) is 4.98. The summed E-state index contributed by atoms with van der Waals surface area (Å²) in [6.45, 7) is 4.88. The minimum atomic E-state index is 0.0402. The predicted molar refractivity (Wildman–Crippen MR) is 83.3 cm³/mol. The van der Waals surface area contributed by atoms with Crippen LogP contribution in [0.2, 0.25) is 5.02 Å². The molecule has 0 aliphatic carbocycles. The number of halogens is 1. The van der Waals surface area contributed by atoms with Gasteiger partial charge in [-0.25, -0.2) is 0 Å². The van der Waals surface area contributed by atoms with E-state index in [0.717, 1.165) is 29.6 Å². The average Bonchev–Trinajstić information content (AvgIpc) is 2.85. The molecule has 0 aliphatic rings. The Morgan fingerprint density at radius 2 is 2.15 bits per heavy atom. The molecule has 20 heavy (non-hydrogen) atoms. The van der Waals surface area contributed by atoms with Crippen molar-refractivity contribution >= 4 is 22.6 Å². The maximum atomic E-state index is 6.17. The van der Waals surface area contributed by atoms with Gasteiger partial charge in [-0.2, -0.15) is 0 Å². The molecular weight excluding hydrogens is 274 g/mol. The van der Waals surface area contributed by atoms with Gasteiger partial charge in [-0.1, -0.05) is 37.1 Å². The third-order valence-electron chi connectivity index (χ3n) is 3.46. The molecular formula is C16H22ClNO2. The van der Waals surface area contributed by atoms with Gasteiger partial charge in [-0.05, 0) is 32.5 Å². The van der Waals surface area contributed by atoms with Gasteiger partial charge in [0.1, 0.15) is 5.76 Å². The van der Waals surface area contributed by atoms with Gasteiger partial charge in [0.25, 0.3) is 0 Å². The number of rotatable bonds is 7. The normalized spacial score (nSPS) is 14.6. The van der Waals surface area contributed by atoms with Crippen molar-refractivity contribution in [1.29, 1.82) is 0 Å². The number of likely N-dealkylation sites (N-methyl/N-ethyl adjacent to an activating group) is 1. The Bertz CT molecular complexity index is 546. The van der Waals surface area contributed by atoms with Crippen molar-refractivity contribution in [3.8, 4) is 0 Å². The van der Waals surface area contributed by atoms with Crippen LogP contribution in [0.4, 0.5) is 0 Å². The fraction of sp³-hybridized carbons (Fsp3) is 0.500. The number of ether oxygens (including phenoxy) is 1. The molecule has 2 aromatic rings. The highest BCUT2D eigenvalue weighted by Crippen LogP contribution is 2.32. The van der Waals surface area contributed by atoms with Crippen LogP contribution in [0.25, 0.3) is 11.0 Å². The standard InChI is InChI=1S/C16H22ClNO2/c1-4-7-13(19-5-2)15(18-3)14-10-11-8-6-9-12(17)16(11)20-14/h6,8-10,13,15,18H,4-5,7H2,1-3H3. The molecule has 0 spiro atoms. The highest BCUT2D eigenvalue weighted by Gasteiger charge is 2.25. The van der Waals surface area contributed by atoms with Crippen LogP contribution in [0.1, 0.15) is 38.5 Å².